The van der Waals surface area contributed by atoms with Crippen molar-refractivity contribution in [3.8, 4) is 0 Å². The van der Waals surface area contributed by atoms with Crippen LogP contribution in [0.4, 0.5) is 4.39 Å². The fraction of sp³-hybridized carbons (Fsp3) is 0.250. The van der Waals surface area contributed by atoms with E-state index < -0.39 is 0 Å². The highest BCUT2D eigenvalue weighted by atomic mass is 32.2. The van der Waals surface area contributed by atoms with Gasteiger partial charge in [0.2, 0.25) is 5.91 Å². The van der Waals surface area contributed by atoms with Crippen molar-refractivity contribution in [1.82, 2.24) is 25.3 Å². The van der Waals surface area contributed by atoms with Crippen molar-refractivity contribution in [3.63, 3.8) is 0 Å². The molecule has 3 aromatic rings. The highest BCUT2D eigenvalue weighted by molar-refractivity contribution is 7.98. The average Bonchev–Trinajstić information content (AvgIpc) is 2.75. The molecule has 3 N–H and O–H groups in total. The number of halogens is 1. The van der Waals surface area contributed by atoms with E-state index in [1.807, 2.05) is 0 Å². The number of benzene rings is 1. The molecule has 0 aliphatic heterocycles. The molecule has 0 spiro atoms. The molecule has 2 heterocycles. The minimum absolute atomic E-state index is 0.100. The number of aliphatic hydroxyl groups is 1. The number of aromatic amines is 1. The molecule has 156 valence electrons. The minimum Gasteiger partial charge on any atom is -0.395 e. The zero-order valence-electron chi connectivity index (χ0n) is 16.0. The molecule has 1 amide bonds. The predicted octanol–water partition coefficient (Wildman–Crippen LogP) is 1.23. The number of thioether (sulfide) groups is 1. The standard InChI is InChI=1S/C20H20FN5O3S/c21-15-3-1-13(2-4-15)11-30-20-25-17(8-18(28)24-5-6-27)16(19(29)26-20)7-14-9-22-12-23-10-14/h1-4,9-10,12,27H,5-8,11H2,(H,24,28)(H,25,26,29). The third-order valence-electron chi connectivity index (χ3n) is 4.13. The van der Waals surface area contributed by atoms with E-state index in [9.17, 15) is 14.0 Å². The Labute approximate surface area is 176 Å². The van der Waals surface area contributed by atoms with Crippen LogP contribution in [-0.4, -0.2) is 44.1 Å². The Morgan fingerprint density at radius 3 is 2.60 bits per heavy atom. The van der Waals surface area contributed by atoms with Crippen LogP contribution < -0.4 is 10.9 Å². The Balaban J connectivity index is 1.84. The van der Waals surface area contributed by atoms with Crippen LogP contribution in [0.1, 0.15) is 22.4 Å². The van der Waals surface area contributed by atoms with Gasteiger partial charge in [0.1, 0.15) is 12.1 Å². The maximum Gasteiger partial charge on any atom is 0.255 e. The molecule has 0 fully saturated rings. The van der Waals surface area contributed by atoms with Crippen LogP contribution in [0.25, 0.3) is 0 Å². The summed E-state index contributed by atoms with van der Waals surface area (Å²) in [7, 11) is 0. The molecule has 0 unspecified atom stereocenters. The van der Waals surface area contributed by atoms with Crippen LogP contribution in [0, 0.1) is 5.82 Å². The Morgan fingerprint density at radius 1 is 1.17 bits per heavy atom. The van der Waals surface area contributed by atoms with Gasteiger partial charge in [0.05, 0.1) is 18.7 Å². The second-order valence-electron chi connectivity index (χ2n) is 6.39. The molecule has 0 atom stereocenters. The first kappa shape index (κ1) is 21.6. The molecule has 0 radical (unpaired) electrons. The van der Waals surface area contributed by atoms with Crippen molar-refractivity contribution in [1.29, 1.82) is 0 Å². The van der Waals surface area contributed by atoms with Gasteiger partial charge in [-0.05, 0) is 23.3 Å². The van der Waals surface area contributed by atoms with Gasteiger partial charge in [-0.2, -0.15) is 0 Å². The zero-order chi connectivity index (χ0) is 21.3. The summed E-state index contributed by atoms with van der Waals surface area (Å²) in [4.78, 5) is 40.0. The van der Waals surface area contributed by atoms with Crippen LogP contribution in [0.15, 0.2) is 52.9 Å². The van der Waals surface area contributed by atoms with Gasteiger partial charge in [-0.15, -0.1) is 0 Å². The Morgan fingerprint density at radius 2 is 1.90 bits per heavy atom. The molecule has 8 nitrogen and oxygen atoms in total. The van der Waals surface area contributed by atoms with Gasteiger partial charge < -0.3 is 15.4 Å². The third kappa shape index (κ3) is 6.19. The number of aromatic nitrogens is 4. The number of amides is 1. The smallest absolute Gasteiger partial charge is 0.255 e. The normalized spacial score (nSPS) is 10.7. The van der Waals surface area contributed by atoms with Crippen molar-refractivity contribution in [2.24, 2.45) is 0 Å². The quantitative estimate of drug-likeness (QED) is 0.346. The lowest BCUT2D eigenvalue weighted by molar-refractivity contribution is -0.120. The molecule has 10 heteroatoms. The molecular weight excluding hydrogens is 409 g/mol. The minimum atomic E-state index is -0.347. The van der Waals surface area contributed by atoms with E-state index in [2.05, 4.69) is 25.3 Å². The van der Waals surface area contributed by atoms with Gasteiger partial charge >= 0.3 is 0 Å². The Hall–Kier alpha value is -3.11. The number of rotatable bonds is 9. The summed E-state index contributed by atoms with van der Waals surface area (Å²) in [5, 5.41) is 11.8. The molecule has 30 heavy (non-hydrogen) atoms. The third-order valence-corrected chi connectivity index (χ3v) is 5.07. The van der Waals surface area contributed by atoms with Gasteiger partial charge in [0.15, 0.2) is 5.16 Å². The first-order chi connectivity index (χ1) is 14.5. The highest BCUT2D eigenvalue weighted by Crippen LogP contribution is 2.20. The summed E-state index contributed by atoms with van der Waals surface area (Å²) in [5.41, 5.74) is 1.94. The lowest BCUT2D eigenvalue weighted by Gasteiger charge is -2.10. The number of nitrogens with one attached hydrogen (secondary N) is 2. The molecule has 0 saturated heterocycles. The summed E-state index contributed by atoms with van der Waals surface area (Å²) in [5.74, 6) is -0.187. The molecule has 1 aromatic carbocycles. The highest BCUT2D eigenvalue weighted by Gasteiger charge is 2.16. The van der Waals surface area contributed by atoms with Crippen molar-refractivity contribution in [2.75, 3.05) is 13.2 Å². The summed E-state index contributed by atoms with van der Waals surface area (Å²) in [6, 6.07) is 6.06. The molecule has 3 rings (SSSR count). The van der Waals surface area contributed by atoms with Gasteiger partial charge in [0, 0.05) is 36.7 Å². The largest absolute Gasteiger partial charge is 0.395 e. The van der Waals surface area contributed by atoms with Gasteiger partial charge in [0.25, 0.3) is 5.56 Å². The van der Waals surface area contributed by atoms with Gasteiger partial charge in [-0.1, -0.05) is 23.9 Å². The number of aliphatic hydroxyl groups excluding tert-OH is 1. The number of hydrogen-bond acceptors (Lipinski definition) is 7. The lowest BCUT2D eigenvalue weighted by Crippen LogP contribution is -2.30. The van der Waals surface area contributed by atoms with Crippen LogP contribution in [0.3, 0.4) is 0 Å². The lowest BCUT2D eigenvalue weighted by atomic mass is 10.1. The van der Waals surface area contributed by atoms with E-state index in [0.29, 0.717) is 27.7 Å². The fourth-order valence-corrected chi connectivity index (χ4v) is 3.52. The van der Waals surface area contributed by atoms with E-state index in [1.54, 1.807) is 24.5 Å². The number of carbonyl (C=O) groups is 1. The number of carbonyl (C=O) groups excluding carboxylic acids is 1. The van der Waals surface area contributed by atoms with Crippen LogP contribution in [0.5, 0.6) is 0 Å². The topological polar surface area (TPSA) is 121 Å². The van der Waals surface area contributed by atoms with Crippen molar-refractivity contribution in [3.05, 3.63) is 81.5 Å². The SMILES string of the molecule is O=C(Cc1nc(SCc2ccc(F)cc2)[nH]c(=O)c1Cc1cncnc1)NCCO. The van der Waals surface area contributed by atoms with E-state index in [-0.39, 0.29) is 43.3 Å². The van der Waals surface area contributed by atoms with Crippen LogP contribution in [-0.2, 0) is 23.4 Å². The summed E-state index contributed by atoms with van der Waals surface area (Å²) in [6.07, 6.45) is 4.72. The van der Waals surface area contributed by atoms with E-state index in [0.717, 1.165) is 5.56 Å². The molecule has 0 aliphatic rings. The average molecular weight is 429 g/mol. The molecule has 0 aliphatic carbocycles. The first-order valence-electron chi connectivity index (χ1n) is 9.16. The zero-order valence-corrected chi connectivity index (χ0v) is 16.8. The van der Waals surface area contributed by atoms with Crippen molar-refractivity contribution in [2.45, 2.75) is 23.8 Å². The van der Waals surface area contributed by atoms with Crippen molar-refractivity contribution >= 4 is 17.7 Å². The number of hydrogen-bond donors (Lipinski definition) is 3. The monoisotopic (exact) mass is 429 g/mol. The van der Waals surface area contributed by atoms with Gasteiger partial charge in [-0.3, -0.25) is 9.59 Å². The van der Waals surface area contributed by atoms with E-state index in [1.165, 1.54) is 30.2 Å². The predicted molar refractivity (Wildman–Crippen MR) is 109 cm³/mol. The Kier molecular flexibility index (Phi) is 7.63. The second kappa shape index (κ2) is 10.6. The maximum atomic E-state index is 13.1. The fourth-order valence-electron chi connectivity index (χ4n) is 2.69. The number of H-pyrrole nitrogens is 1. The molecule has 2 aromatic heterocycles. The van der Waals surface area contributed by atoms with E-state index >= 15 is 0 Å². The number of nitrogens with zero attached hydrogens (tertiary/aromatic N) is 3. The second-order valence-corrected chi connectivity index (χ2v) is 7.35. The summed E-state index contributed by atoms with van der Waals surface area (Å²) in [6.45, 7) is -0.0580. The Bertz CT molecular complexity index is 1040. The summed E-state index contributed by atoms with van der Waals surface area (Å²) < 4.78 is 13.1. The van der Waals surface area contributed by atoms with E-state index in [4.69, 9.17) is 5.11 Å². The molecular formula is C20H20FN5O3S. The van der Waals surface area contributed by atoms with Gasteiger partial charge in [-0.25, -0.2) is 19.3 Å². The first-order valence-corrected chi connectivity index (χ1v) is 10.1. The molecule has 0 saturated carbocycles. The van der Waals surface area contributed by atoms with Crippen LogP contribution in [0.2, 0.25) is 0 Å². The maximum absolute atomic E-state index is 13.1. The summed E-state index contributed by atoms with van der Waals surface area (Å²) >= 11 is 1.28. The van der Waals surface area contributed by atoms with Crippen LogP contribution >= 0.6 is 11.8 Å². The molecule has 0 bridgehead atoms. The van der Waals surface area contributed by atoms with Crippen molar-refractivity contribution < 1.29 is 14.3 Å².